The maximum absolute atomic E-state index is 11.9. The first-order chi connectivity index (χ1) is 14.3. The highest BCUT2D eigenvalue weighted by molar-refractivity contribution is 8.18. The monoisotopic (exact) mass is 439 g/mol. The van der Waals surface area contributed by atoms with Gasteiger partial charge in [-0.25, -0.2) is 0 Å². The summed E-state index contributed by atoms with van der Waals surface area (Å²) in [5.74, 6) is 0.618. The zero-order valence-corrected chi connectivity index (χ0v) is 19.9. The second-order valence-electron chi connectivity index (χ2n) is 9.73. The maximum atomic E-state index is 11.9. The molecule has 0 unspecified atom stereocenters. The van der Waals surface area contributed by atoms with E-state index in [1.165, 1.54) is 0 Å². The van der Waals surface area contributed by atoms with E-state index in [4.69, 9.17) is 4.74 Å². The van der Waals surface area contributed by atoms with Gasteiger partial charge in [-0.05, 0) is 64.1 Å². The lowest BCUT2D eigenvalue weighted by Crippen LogP contribution is -2.17. The predicted octanol–water partition coefficient (Wildman–Crippen LogP) is 5.99. The number of imide groups is 1. The Morgan fingerprint density at radius 2 is 1.55 bits per heavy atom. The Morgan fingerprint density at radius 1 is 0.968 bits per heavy atom. The Morgan fingerprint density at radius 3 is 2.00 bits per heavy atom. The number of benzene rings is 2. The van der Waals surface area contributed by atoms with Crippen molar-refractivity contribution < 1.29 is 19.4 Å². The van der Waals surface area contributed by atoms with Gasteiger partial charge in [-0.2, -0.15) is 0 Å². The second kappa shape index (κ2) is 8.08. The van der Waals surface area contributed by atoms with Crippen LogP contribution in [-0.4, -0.2) is 23.4 Å². The van der Waals surface area contributed by atoms with Crippen molar-refractivity contribution in [1.82, 2.24) is 5.32 Å². The van der Waals surface area contributed by atoms with Crippen LogP contribution in [0.4, 0.5) is 4.79 Å². The van der Waals surface area contributed by atoms with E-state index in [0.29, 0.717) is 16.4 Å². The van der Waals surface area contributed by atoms with Crippen LogP contribution < -0.4 is 10.1 Å². The van der Waals surface area contributed by atoms with Crippen molar-refractivity contribution >= 4 is 29.0 Å². The molecule has 1 fully saturated rings. The van der Waals surface area contributed by atoms with Gasteiger partial charge in [0.05, 0.1) is 12.0 Å². The van der Waals surface area contributed by atoms with E-state index in [0.717, 1.165) is 39.6 Å². The lowest BCUT2D eigenvalue weighted by molar-refractivity contribution is -0.115. The van der Waals surface area contributed by atoms with Crippen molar-refractivity contribution in [1.29, 1.82) is 0 Å². The van der Waals surface area contributed by atoms with Gasteiger partial charge in [0.2, 0.25) is 0 Å². The van der Waals surface area contributed by atoms with Gasteiger partial charge in [0.15, 0.2) is 0 Å². The smallest absolute Gasteiger partial charge is 0.290 e. The number of carbonyl (C=O) groups excluding carboxylic acids is 2. The molecule has 1 saturated heterocycles. The molecule has 0 radical (unpaired) electrons. The van der Waals surface area contributed by atoms with Crippen molar-refractivity contribution in [3.8, 4) is 22.6 Å². The summed E-state index contributed by atoms with van der Waals surface area (Å²) in [5, 5.41) is 12.9. The van der Waals surface area contributed by atoms with Gasteiger partial charge in [-0.15, -0.1) is 0 Å². The van der Waals surface area contributed by atoms with Gasteiger partial charge in [0, 0.05) is 16.7 Å². The molecule has 2 amide bonds. The molecule has 2 aromatic carbocycles. The van der Waals surface area contributed by atoms with E-state index in [1.807, 2.05) is 30.3 Å². The number of thioether (sulfide) groups is 1. The van der Waals surface area contributed by atoms with Crippen LogP contribution in [0.5, 0.6) is 11.5 Å². The normalized spacial score (nSPS) is 16.0. The fraction of sp³-hybridized carbons (Fsp3) is 0.360. The molecule has 31 heavy (non-hydrogen) atoms. The van der Waals surface area contributed by atoms with Gasteiger partial charge < -0.3 is 9.84 Å². The molecule has 2 N–H and O–H groups in total. The molecule has 1 heterocycles. The molecule has 5 nitrogen and oxygen atoms in total. The Bertz CT molecular complexity index is 1050. The van der Waals surface area contributed by atoms with E-state index in [1.54, 1.807) is 13.2 Å². The summed E-state index contributed by atoms with van der Waals surface area (Å²) >= 11 is 0.891. The van der Waals surface area contributed by atoms with Crippen LogP contribution in [0.3, 0.4) is 0 Å². The number of hydrogen-bond donors (Lipinski definition) is 2. The van der Waals surface area contributed by atoms with Crippen LogP contribution >= 0.6 is 11.8 Å². The lowest BCUT2D eigenvalue weighted by atomic mass is 9.77. The van der Waals surface area contributed by atoms with Gasteiger partial charge in [0.25, 0.3) is 11.1 Å². The fourth-order valence-corrected chi connectivity index (χ4v) is 4.23. The third kappa shape index (κ3) is 4.79. The number of phenols is 1. The van der Waals surface area contributed by atoms with E-state index >= 15 is 0 Å². The van der Waals surface area contributed by atoms with Crippen LogP contribution in [0.2, 0.25) is 0 Å². The molecule has 3 rings (SSSR count). The van der Waals surface area contributed by atoms with E-state index < -0.39 is 0 Å². The first-order valence-corrected chi connectivity index (χ1v) is 10.9. The average molecular weight is 440 g/mol. The quantitative estimate of drug-likeness (QED) is 0.575. The number of nitrogens with one attached hydrogen (secondary N) is 1. The van der Waals surface area contributed by atoms with Gasteiger partial charge >= 0.3 is 0 Å². The molecule has 0 bridgehead atoms. The number of carbonyl (C=O) groups is 2. The van der Waals surface area contributed by atoms with E-state index in [2.05, 4.69) is 46.9 Å². The Balaban J connectivity index is 2.23. The summed E-state index contributed by atoms with van der Waals surface area (Å²) < 4.78 is 5.62. The largest absolute Gasteiger partial charge is 0.507 e. The zero-order chi connectivity index (χ0) is 23.1. The summed E-state index contributed by atoms with van der Waals surface area (Å²) in [6.45, 7) is 12.4. The van der Waals surface area contributed by atoms with E-state index in [9.17, 15) is 14.7 Å². The highest BCUT2D eigenvalue weighted by Crippen LogP contribution is 2.44. The Labute approximate surface area is 187 Å². The third-order valence-corrected chi connectivity index (χ3v) is 6.01. The second-order valence-corrected chi connectivity index (χ2v) is 10.7. The number of phenolic OH excluding ortho intramolecular Hbond substituents is 1. The highest BCUT2D eigenvalue weighted by Gasteiger charge is 2.28. The van der Waals surface area contributed by atoms with Crippen LogP contribution in [0.1, 0.15) is 58.2 Å². The van der Waals surface area contributed by atoms with Crippen molar-refractivity contribution in [2.45, 2.75) is 52.4 Å². The molecule has 6 heteroatoms. The molecule has 0 atom stereocenters. The molecule has 0 spiro atoms. The number of hydrogen-bond acceptors (Lipinski definition) is 5. The van der Waals surface area contributed by atoms with Gasteiger partial charge in [-0.3, -0.25) is 14.9 Å². The average Bonchev–Trinajstić information content (AvgIpc) is 2.97. The first-order valence-electron chi connectivity index (χ1n) is 10.1. The Hall–Kier alpha value is -2.73. The van der Waals surface area contributed by atoms with Crippen LogP contribution in [0.15, 0.2) is 35.2 Å². The van der Waals surface area contributed by atoms with Crippen molar-refractivity contribution in [3.05, 3.63) is 51.9 Å². The van der Waals surface area contributed by atoms with Crippen LogP contribution in [0.25, 0.3) is 17.2 Å². The summed E-state index contributed by atoms with van der Waals surface area (Å²) in [4.78, 5) is 23.8. The van der Waals surface area contributed by atoms with Crippen molar-refractivity contribution in [2.75, 3.05) is 7.11 Å². The predicted molar refractivity (Wildman–Crippen MR) is 127 cm³/mol. The molecule has 164 valence electrons. The molecule has 0 aromatic heterocycles. The van der Waals surface area contributed by atoms with Crippen LogP contribution in [-0.2, 0) is 15.6 Å². The van der Waals surface area contributed by atoms with Crippen molar-refractivity contribution in [3.63, 3.8) is 0 Å². The van der Waals surface area contributed by atoms with Gasteiger partial charge in [-0.1, -0.05) is 47.6 Å². The lowest BCUT2D eigenvalue weighted by Gasteiger charge is -2.28. The topological polar surface area (TPSA) is 75.6 Å². The molecule has 1 aliphatic rings. The summed E-state index contributed by atoms with van der Waals surface area (Å²) in [6, 6.07) is 9.64. The summed E-state index contributed by atoms with van der Waals surface area (Å²) in [6.07, 6.45) is 1.70. The SMILES string of the molecule is COc1ccc(/C=C2/SC(=O)NC2=O)cc1-c1cc(C(C)(C)C)c(O)c(C(C)(C)C)c1. The summed E-state index contributed by atoms with van der Waals surface area (Å²) in [5.41, 5.74) is 3.75. The fourth-order valence-electron chi connectivity index (χ4n) is 3.55. The molecule has 1 aliphatic heterocycles. The standard InChI is InChI=1S/C25H29NO4S/c1-24(2,3)17-12-15(13-18(21(17)27)25(4,5)6)16-10-14(8-9-19(16)30-7)11-20-22(28)26-23(29)31-20/h8-13,27H,1-7H3,(H,26,28,29)/b20-11+. The van der Waals surface area contributed by atoms with Crippen molar-refractivity contribution in [2.24, 2.45) is 0 Å². The molecular formula is C25H29NO4S. The number of rotatable bonds is 3. The molecule has 2 aromatic rings. The summed E-state index contributed by atoms with van der Waals surface area (Å²) in [7, 11) is 1.62. The molecule has 0 saturated carbocycles. The zero-order valence-electron chi connectivity index (χ0n) is 19.0. The number of ether oxygens (including phenoxy) is 1. The maximum Gasteiger partial charge on any atom is 0.290 e. The van der Waals surface area contributed by atoms with Crippen LogP contribution in [0, 0.1) is 0 Å². The number of methoxy groups -OCH3 is 1. The first kappa shape index (κ1) is 22.9. The number of aromatic hydroxyl groups is 1. The van der Waals surface area contributed by atoms with E-state index in [-0.39, 0.29) is 22.0 Å². The Kier molecular flexibility index (Phi) is 5.98. The number of amides is 2. The molecular weight excluding hydrogens is 410 g/mol. The minimum Gasteiger partial charge on any atom is -0.507 e. The molecule has 0 aliphatic carbocycles. The minimum atomic E-state index is -0.387. The van der Waals surface area contributed by atoms with Gasteiger partial charge in [0.1, 0.15) is 11.5 Å². The highest BCUT2D eigenvalue weighted by atomic mass is 32.2. The minimum absolute atomic E-state index is 0.258. The third-order valence-electron chi connectivity index (χ3n) is 5.20.